The van der Waals surface area contributed by atoms with Gasteiger partial charge in [-0.2, -0.15) is 12.7 Å². The summed E-state index contributed by atoms with van der Waals surface area (Å²) in [5.74, 6) is 0.666. The first-order valence-corrected chi connectivity index (χ1v) is 8.27. The fourth-order valence-corrected chi connectivity index (χ4v) is 2.95. The first kappa shape index (κ1) is 19.9. The SMILES string of the molecule is CC(C)c1cc(I)c(OS(=O)(=O)N(C)C)c(CN)c1.Cl. The van der Waals surface area contributed by atoms with E-state index in [1.165, 1.54) is 14.1 Å². The molecule has 0 radical (unpaired) electrons. The number of rotatable bonds is 5. The predicted molar refractivity (Wildman–Crippen MR) is 91.6 cm³/mol. The lowest BCUT2D eigenvalue weighted by atomic mass is 10.0. The smallest absolute Gasteiger partial charge is 0.369 e. The zero-order valence-corrected chi connectivity index (χ0v) is 15.7. The molecule has 8 heteroatoms. The number of benzene rings is 1. The van der Waals surface area contributed by atoms with Gasteiger partial charge in [-0.1, -0.05) is 19.9 Å². The van der Waals surface area contributed by atoms with Crippen molar-refractivity contribution >= 4 is 45.3 Å². The van der Waals surface area contributed by atoms with Crippen LogP contribution >= 0.6 is 35.0 Å². The normalized spacial score (nSPS) is 11.6. The maximum absolute atomic E-state index is 11.8. The second kappa shape index (κ2) is 7.79. The molecule has 1 aromatic rings. The molecule has 0 spiro atoms. The fraction of sp³-hybridized carbons (Fsp3) is 0.500. The van der Waals surface area contributed by atoms with E-state index in [1.54, 1.807) is 0 Å². The van der Waals surface area contributed by atoms with E-state index in [-0.39, 0.29) is 19.0 Å². The third kappa shape index (κ3) is 4.73. The van der Waals surface area contributed by atoms with Crippen molar-refractivity contribution in [2.24, 2.45) is 5.73 Å². The van der Waals surface area contributed by atoms with Gasteiger partial charge in [-0.15, -0.1) is 12.4 Å². The van der Waals surface area contributed by atoms with Crippen LogP contribution in [0.4, 0.5) is 0 Å². The van der Waals surface area contributed by atoms with Crippen LogP contribution < -0.4 is 9.92 Å². The molecular weight excluding hydrogens is 415 g/mol. The molecule has 20 heavy (non-hydrogen) atoms. The van der Waals surface area contributed by atoms with Crippen LogP contribution in [0.2, 0.25) is 0 Å². The summed E-state index contributed by atoms with van der Waals surface area (Å²) in [5.41, 5.74) is 7.50. The maximum atomic E-state index is 11.8. The molecule has 0 aliphatic carbocycles. The third-order valence-electron chi connectivity index (χ3n) is 2.67. The van der Waals surface area contributed by atoms with Gasteiger partial charge >= 0.3 is 10.3 Å². The van der Waals surface area contributed by atoms with Gasteiger partial charge in [0.05, 0.1) is 3.57 Å². The zero-order valence-electron chi connectivity index (χ0n) is 11.9. The Morgan fingerprint density at radius 1 is 1.35 bits per heavy atom. The lowest BCUT2D eigenvalue weighted by Gasteiger charge is -2.17. The second-order valence-corrected chi connectivity index (χ2v) is 7.59. The Morgan fingerprint density at radius 3 is 2.30 bits per heavy atom. The van der Waals surface area contributed by atoms with Gasteiger partial charge in [0, 0.05) is 26.2 Å². The monoisotopic (exact) mass is 434 g/mol. The molecule has 0 amide bonds. The Balaban J connectivity index is 0.00000361. The standard InChI is InChI=1S/C12H19IN2O3S.ClH/c1-8(2)9-5-10(7-14)12(11(13)6-9)18-19(16,17)15(3)4;/h5-6,8H,7,14H2,1-4H3;1H. The molecule has 0 unspecified atom stereocenters. The largest absolute Gasteiger partial charge is 0.384 e. The highest BCUT2D eigenvalue weighted by Crippen LogP contribution is 2.31. The van der Waals surface area contributed by atoms with E-state index in [1.807, 2.05) is 12.1 Å². The highest BCUT2D eigenvalue weighted by Gasteiger charge is 2.21. The molecule has 0 bridgehead atoms. The quantitative estimate of drug-likeness (QED) is 0.723. The Hall–Kier alpha value is -0.0900. The van der Waals surface area contributed by atoms with E-state index in [0.717, 1.165) is 13.4 Å². The van der Waals surface area contributed by atoms with Crippen molar-refractivity contribution in [2.75, 3.05) is 14.1 Å². The summed E-state index contributed by atoms with van der Waals surface area (Å²) in [5, 5.41) is 0. The summed E-state index contributed by atoms with van der Waals surface area (Å²) in [6.07, 6.45) is 0. The molecule has 0 aliphatic heterocycles. The van der Waals surface area contributed by atoms with Crippen LogP contribution in [0.25, 0.3) is 0 Å². The Morgan fingerprint density at radius 2 is 1.90 bits per heavy atom. The molecule has 116 valence electrons. The van der Waals surface area contributed by atoms with Crippen molar-refractivity contribution in [3.8, 4) is 5.75 Å². The average molecular weight is 435 g/mol. The van der Waals surface area contributed by atoms with Crippen LogP contribution in [0.3, 0.4) is 0 Å². The molecule has 0 saturated heterocycles. The van der Waals surface area contributed by atoms with Gasteiger partial charge in [0.15, 0.2) is 5.75 Å². The van der Waals surface area contributed by atoms with Crippen molar-refractivity contribution in [1.29, 1.82) is 0 Å². The molecule has 0 atom stereocenters. The summed E-state index contributed by atoms with van der Waals surface area (Å²) in [6.45, 7) is 4.38. The number of nitrogens with two attached hydrogens (primary N) is 1. The van der Waals surface area contributed by atoms with Crippen molar-refractivity contribution in [3.05, 3.63) is 26.8 Å². The molecule has 0 heterocycles. The first-order chi connectivity index (χ1) is 8.69. The van der Waals surface area contributed by atoms with Crippen molar-refractivity contribution in [1.82, 2.24) is 4.31 Å². The second-order valence-electron chi connectivity index (χ2n) is 4.67. The van der Waals surface area contributed by atoms with E-state index in [4.69, 9.17) is 9.92 Å². The van der Waals surface area contributed by atoms with E-state index >= 15 is 0 Å². The van der Waals surface area contributed by atoms with Crippen LogP contribution in [0.1, 0.15) is 30.9 Å². The number of hydrogen-bond donors (Lipinski definition) is 1. The fourth-order valence-electron chi connectivity index (χ4n) is 1.43. The predicted octanol–water partition coefficient (Wildman–Crippen LogP) is 2.48. The molecular formula is C12H20ClIN2O3S. The number of nitrogens with zero attached hydrogens (tertiary/aromatic N) is 1. The summed E-state index contributed by atoms with van der Waals surface area (Å²) in [6, 6.07) is 3.82. The van der Waals surface area contributed by atoms with Crippen LogP contribution in [0.15, 0.2) is 12.1 Å². The van der Waals surface area contributed by atoms with Crippen molar-refractivity contribution < 1.29 is 12.6 Å². The van der Waals surface area contributed by atoms with Crippen molar-refractivity contribution in [3.63, 3.8) is 0 Å². The first-order valence-electron chi connectivity index (χ1n) is 5.83. The van der Waals surface area contributed by atoms with E-state index in [2.05, 4.69) is 36.4 Å². The Labute approximate surface area is 140 Å². The topological polar surface area (TPSA) is 72.6 Å². The summed E-state index contributed by atoms with van der Waals surface area (Å²) in [4.78, 5) is 0. The molecule has 1 aromatic carbocycles. The minimum absolute atomic E-state index is 0. The van der Waals surface area contributed by atoms with Gasteiger partial charge < -0.3 is 9.92 Å². The van der Waals surface area contributed by atoms with Gasteiger partial charge in [-0.05, 0) is 40.1 Å². The minimum Gasteiger partial charge on any atom is -0.369 e. The summed E-state index contributed by atoms with van der Waals surface area (Å²) >= 11 is 2.07. The van der Waals surface area contributed by atoms with Gasteiger partial charge in [0.1, 0.15) is 0 Å². The number of hydrogen-bond acceptors (Lipinski definition) is 4. The van der Waals surface area contributed by atoms with Crippen molar-refractivity contribution in [2.45, 2.75) is 26.3 Å². The van der Waals surface area contributed by atoms with Gasteiger partial charge in [0.2, 0.25) is 0 Å². The molecule has 0 aromatic heterocycles. The lowest BCUT2D eigenvalue weighted by Crippen LogP contribution is -2.28. The average Bonchev–Trinajstić information content (AvgIpc) is 2.30. The molecule has 0 saturated carbocycles. The van der Waals surface area contributed by atoms with Crippen LogP contribution in [-0.4, -0.2) is 26.8 Å². The van der Waals surface area contributed by atoms with Crippen LogP contribution in [-0.2, 0) is 16.8 Å². The summed E-state index contributed by atoms with van der Waals surface area (Å²) < 4.78 is 30.5. The van der Waals surface area contributed by atoms with Crippen LogP contribution in [0.5, 0.6) is 5.75 Å². The molecule has 0 aliphatic rings. The molecule has 2 N–H and O–H groups in total. The molecule has 5 nitrogen and oxygen atoms in total. The highest BCUT2D eigenvalue weighted by molar-refractivity contribution is 14.1. The van der Waals surface area contributed by atoms with Gasteiger partial charge in [-0.3, -0.25) is 0 Å². The Bertz CT molecular complexity index is 562. The minimum atomic E-state index is -3.77. The lowest BCUT2D eigenvalue weighted by molar-refractivity contribution is 0.418. The van der Waals surface area contributed by atoms with Gasteiger partial charge in [-0.25, -0.2) is 0 Å². The van der Waals surface area contributed by atoms with E-state index < -0.39 is 10.3 Å². The van der Waals surface area contributed by atoms with Gasteiger partial charge in [0.25, 0.3) is 0 Å². The molecule has 1 rings (SSSR count). The number of halogens is 2. The summed E-state index contributed by atoms with van der Waals surface area (Å²) in [7, 11) is -0.920. The Kier molecular flexibility index (Phi) is 7.75. The zero-order chi connectivity index (χ0) is 14.8. The maximum Gasteiger partial charge on any atom is 0.384 e. The van der Waals surface area contributed by atoms with E-state index in [9.17, 15) is 8.42 Å². The molecule has 0 fully saturated rings. The third-order valence-corrected chi connectivity index (χ3v) is 4.74. The van der Waals surface area contributed by atoms with Crippen LogP contribution in [0, 0.1) is 3.57 Å². The highest BCUT2D eigenvalue weighted by atomic mass is 127. The van der Waals surface area contributed by atoms with E-state index in [0.29, 0.717) is 17.2 Å².